The zero-order valence-electron chi connectivity index (χ0n) is 19.9. The molecule has 2 aliphatic rings. The lowest BCUT2D eigenvalue weighted by atomic mass is 9.98. The topological polar surface area (TPSA) is 57.5 Å². The van der Waals surface area contributed by atoms with Gasteiger partial charge in [0.2, 0.25) is 0 Å². The third kappa shape index (κ3) is 4.72. The lowest BCUT2D eigenvalue weighted by Gasteiger charge is -2.24. The smallest absolute Gasteiger partial charge is 0.311 e. The Hall–Kier alpha value is -3.84. The second-order valence-electron chi connectivity index (χ2n) is 8.52. The minimum atomic E-state index is -0.244. The first-order valence-electron chi connectivity index (χ1n) is 11.4. The van der Waals surface area contributed by atoms with Gasteiger partial charge in [0.15, 0.2) is 5.84 Å². The normalized spacial score (nSPS) is 18.6. The predicted molar refractivity (Wildman–Crippen MR) is 144 cm³/mol. The van der Waals surface area contributed by atoms with Crippen molar-refractivity contribution in [3.63, 3.8) is 0 Å². The van der Waals surface area contributed by atoms with Gasteiger partial charge >= 0.3 is 5.24 Å². The van der Waals surface area contributed by atoms with E-state index in [2.05, 4.69) is 46.3 Å². The zero-order valence-corrected chi connectivity index (χ0v) is 20.7. The van der Waals surface area contributed by atoms with Crippen LogP contribution in [0.1, 0.15) is 29.2 Å². The van der Waals surface area contributed by atoms with Crippen LogP contribution < -0.4 is 9.64 Å². The highest BCUT2D eigenvalue weighted by molar-refractivity contribution is 8.18. The molecule has 0 aromatic heterocycles. The van der Waals surface area contributed by atoms with E-state index < -0.39 is 0 Å². The highest BCUT2D eigenvalue weighted by atomic mass is 32.2. The SMILES string of the molecule is COc1ccccc1/C=C1\SC(=O)N=C1N1N=C(c2ccccc2)CC1c1ccc(N(C)C)cc1. The molecule has 0 bridgehead atoms. The number of carbonyl (C=O) groups excluding carboxylic acids is 1. The zero-order chi connectivity index (χ0) is 24.4. The van der Waals surface area contributed by atoms with Gasteiger partial charge in [-0.15, -0.1) is 0 Å². The van der Waals surface area contributed by atoms with Crippen LogP contribution in [0.25, 0.3) is 6.08 Å². The van der Waals surface area contributed by atoms with Gasteiger partial charge in [-0.05, 0) is 47.2 Å². The molecule has 1 amide bonds. The molecule has 0 saturated carbocycles. The summed E-state index contributed by atoms with van der Waals surface area (Å²) in [6.45, 7) is 0. The monoisotopic (exact) mass is 482 g/mol. The summed E-state index contributed by atoms with van der Waals surface area (Å²) in [5.41, 5.74) is 5.17. The maximum absolute atomic E-state index is 12.5. The summed E-state index contributed by atoms with van der Waals surface area (Å²) in [4.78, 5) is 19.7. The van der Waals surface area contributed by atoms with Gasteiger partial charge in [0.05, 0.1) is 23.8 Å². The summed E-state index contributed by atoms with van der Waals surface area (Å²) in [7, 11) is 5.70. The molecule has 176 valence electrons. The van der Waals surface area contributed by atoms with E-state index >= 15 is 0 Å². The van der Waals surface area contributed by atoms with Gasteiger partial charge in [-0.1, -0.05) is 60.7 Å². The van der Waals surface area contributed by atoms with E-state index in [1.807, 2.05) is 67.6 Å². The van der Waals surface area contributed by atoms with Gasteiger partial charge in [0.25, 0.3) is 0 Å². The number of benzene rings is 3. The standard InChI is InChI=1S/C28H26N4O2S/c1-31(2)22-15-13-20(14-16-22)24-18-23(19-9-5-4-6-10-19)30-32(24)27-26(35-28(33)29-27)17-21-11-7-8-12-25(21)34-3/h4-17,24H,18H2,1-3H3/b26-17-. The second-order valence-corrected chi connectivity index (χ2v) is 9.51. The Morgan fingerprint density at radius 2 is 1.71 bits per heavy atom. The Labute approximate surface area is 209 Å². The van der Waals surface area contributed by atoms with Crippen molar-refractivity contribution in [2.75, 3.05) is 26.1 Å². The average Bonchev–Trinajstić information content (AvgIpc) is 3.48. The van der Waals surface area contributed by atoms with Crippen molar-refractivity contribution in [3.05, 3.63) is 100 Å². The molecule has 35 heavy (non-hydrogen) atoms. The Bertz CT molecular complexity index is 1330. The predicted octanol–water partition coefficient (Wildman–Crippen LogP) is 6.22. The van der Waals surface area contributed by atoms with E-state index in [0.717, 1.165) is 50.5 Å². The Balaban J connectivity index is 1.57. The largest absolute Gasteiger partial charge is 0.496 e. The first-order valence-corrected chi connectivity index (χ1v) is 12.2. The summed E-state index contributed by atoms with van der Waals surface area (Å²) < 4.78 is 5.52. The molecule has 7 heteroatoms. The molecule has 1 atom stereocenters. The molecule has 3 aromatic rings. The third-order valence-electron chi connectivity index (χ3n) is 6.07. The van der Waals surface area contributed by atoms with Crippen molar-refractivity contribution in [1.29, 1.82) is 0 Å². The first-order chi connectivity index (χ1) is 17.0. The van der Waals surface area contributed by atoms with Gasteiger partial charge in [-0.2, -0.15) is 10.1 Å². The maximum Gasteiger partial charge on any atom is 0.311 e. The van der Waals surface area contributed by atoms with Gasteiger partial charge in [0.1, 0.15) is 5.75 Å². The minimum absolute atomic E-state index is 0.0762. The number of hydrogen-bond acceptors (Lipinski definition) is 6. The number of carbonyl (C=O) groups is 1. The van der Waals surface area contributed by atoms with Crippen molar-refractivity contribution in [2.24, 2.45) is 10.1 Å². The van der Waals surface area contributed by atoms with E-state index in [1.54, 1.807) is 7.11 Å². The number of para-hydroxylation sites is 1. The number of amides is 1. The number of ether oxygens (including phenoxy) is 1. The van der Waals surface area contributed by atoms with E-state index in [9.17, 15) is 4.79 Å². The fourth-order valence-electron chi connectivity index (χ4n) is 4.25. The second kappa shape index (κ2) is 9.80. The van der Waals surface area contributed by atoms with Crippen molar-refractivity contribution in [2.45, 2.75) is 12.5 Å². The summed E-state index contributed by atoms with van der Waals surface area (Å²) in [6.07, 6.45) is 2.67. The van der Waals surface area contributed by atoms with Gasteiger partial charge in [-0.3, -0.25) is 4.79 Å². The van der Waals surface area contributed by atoms with Gasteiger partial charge < -0.3 is 9.64 Å². The number of nitrogens with zero attached hydrogens (tertiary/aromatic N) is 4. The van der Waals surface area contributed by atoms with E-state index in [1.165, 1.54) is 0 Å². The summed E-state index contributed by atoms with van der Waals surface area (Å²) >= 11 is 1.12. The summed E-state index contributed by atoms with van der Waals surface area (Å²) in [5.74, 6) is 1.31. The molecule has 2 aliphatic heterocycles. The number of amidine groups is 1. The van der Waals surface area contributed by atoms with Crippen molar-refractivity contribution in [1.82, 2.24) is 5.01 Å². The Morgan fingerprint density at radius 3 is 2.43 bits per heavy atom. The van der Waals surface area contributed by atoms with Crippen LogP contribution in [0.3, 0.4) is 0 Å². The molecule has 6 nitrogen and oxygen atoms in total. The molecule has 5 rings (SSSR count). The number of hydrazone groups is 1. The molecule has 0 radical (unpaired) electrons. The maximum atomic E-state index is 12.5. The van der Waals surface area contributed by atoms with Crippen molar-refractivity contribution in [3.8, 4) is 5.75 Å². The summed E-state index contributed by atoms with van der Waals surface area (Å²) in [6, 6.07) is 26.3. The molecule has 1 unspecified atom stereocenters. The van der Waals surface area contributed by atoms with Crippen LogP contribution in [0.4, 0.5) is 10.5 Å². The minimum Gasteiger partial charge on any atom is -0.496 e. The fourth-order valence-corrected chi connectivity index (χ4v) is 4.99. The lowest BCUT2D eigenvalue weighted by Crippen LogP contribution is -2.26. The molecule has 0 saturated heterocycles. The molecular weight excluding hydrogens is 456 g/mol. The molecule has 0 fully saturated rings. The first kappa shape index (κ1) is 22.9. The van der Waals surface area contributed by atoms with Crippen LogP contribution in [0.5, 0.6) is 5.75 Å². The van der Waals surface area contributed by atoms with Crippen molar-refractivity contribution < 1.29 is 9.53 Å². The van der Waals surface area contributed by atoms with Crippen molar-refractivity contribution >= 4 is 40.3 Å². The van der Waals surface area contributed by atoms with E-state index in [0.29, 0.717) is 12.3 Å². The number of thioether (sulfide) groups is 1. The number of hydrogen-bond donors (Lipinski definition) is 0. The molecule has 0 aliphatic carbocycles. The Morgan fingerprint density at radius 1 is 1.00 bits per heavy atom. The lowest BCUT2D eigenvalue weighted by molar-refractivity contribution is 0.267. The van der Waals surface area contributed by atoms with Gasteiger partial charge in [0, 0.05) is 31.8 Å². The molecule has 0 spiro atoms. The van der Waals surface area contributed by atoms with Crippen LogP contribution >= 0.6 is 11.8 Å². The van der Waals surface area contributed by atoms with E-state index in [-0.39, 0.29) is 11.3 Å². The van der Waals surface area contributed by atoms with Crippen LogP contribution in [-0.2, 0) is 0 Å². The average molecular weight is 483 g/mol. The molecular formula is C28H26N4O2S. The van der Waals surface area contributed by atoms with Crippen LogP contribution in [0.15, 0.2) is 93.9 Å². The van der Waals surface area contributed by atoms with E-state index in [4.69, 9.17) is 9.84 Å². The van der Waals surface area contributed by atoms with Crippen LogP contribution in [-0.4, -0.2) is 43.0 Å². The quantitative estimate of drug-likeness (QED) is 0.432. The third-order valence-corrected chi connectivity index (χ3v) is 6.86. The molecule has 0 N–H and O–H groups in total. The van der Waals surface area contributed by atoms with Crippen LogP contribution in [0, 0.1) is 0 Å². The summed E-state index contributed by atoms with van der Waals surface area (Å²) in [5, 5.41) is 6.66. The van der Waals surface area contributed by atoms with Gasteiger partial charge in [-0.25, -0.2) is 5.01 Å². The highest BCUT2D eigenvalue weighted by Crippen LogP contribution is 2.40. The molecule has 3 aromatic carbocycles. The fraction of sp³-hybridized carbons (Fsp3) is 0.179. The number of methoxy groups -OCH3 is 1. The molecule has 2 heterocycles. The van der Waals surface area contributed by atoms with Crippen LogP contribution in [0.2, 0.25) is 0 Å². The highest BCUT2D eigenvalue weighted by Gasteiger charge is 2.37. The Kier molecular flexibility index (Phi) is 6.42. The number of rotatable bonds is 5. The number of anilines is 1. The number of aliphatic imine (C=N–C) groups is 1.